The number of piperazine rings is 1. The molecule has 3 nitrogen and oxygen atoms in total. The number of hydrogen-bond acceptors (Lipinski definition) is 2. The van der Waals surface area contributed by atoms with E-state index in [9.17, 15) is 4.79 Å². The highest BCUT2D eigenvalue weighted by Crippen LogP contribution is 2.13. The molecule has 2 unspecified atom stereocenters. The molecule has 0 aromatic heterocycles. The quantitative estimate of drug-likeness (QED) is 0.720. The predicted octanol–water partition coefficient (Wildman–Crippen LogP) is 1.78. The number of nitrogens with one attached hydrogen (secondary N) is 1. The third-order valence-electron chi connectivity index (χ3n) is 3.11. The SMILES string of the molecule is CCCCCC(=O)N1C(C)CNCC1C. The fraction of sp³-hybridized carbons (Fsp3) is 0.917. The van der Waals surface area contributed by atoms with Crippen molar-refractivity contribution < 1.29 is 4.79 Å². The number of amides is 1. The molecule has 88 valence electrons. The van der Waals surface area contributed by atoms with Gasteiger partial charge < -0.3 is 10.2 Å². The van der Waals surface area contributed by atoms with Crippen LogP contribution in [0.25, 0.3) is 0 Å². The van der Waals surface area contributed by atoms with Crippen LogP contribution in [0.1, 0.15) is 46.5 Å². The number of rotatable bonds is 4. The van der Waals surface area contributed by atoms with Crippen molar-refractivity contribution in [3.63, 3.8) is 0 Å². The Morgan fingerprint density at radius 1 is 1.27 bits per heavy atom. The highest BCUT2D eigenvalue weighted by atomic mass is 16.2. The van der Waals surface area contributed by atoms with Crippen molar-refractivity contribution in [2.45, 2.75) is 58.5 Å². The summed E-state index contributed by atoms with van der Waals surface area (Å²) in [5.74, 6) is 0.338. The highest BCUT2D eigenvalue weighted by Gasteiger charge is 2.27. The molecular formula is C12H24N2O. The molecule has 1 amide bonds. The minimum Gasteiger partial charge on any atom is -0.335 e. The second-order valence-corrected chi connectivity index (χ2v) is 4.61. The van der Waals surface area contributed by atoms with E-state index in [4.69, 9.17) is 0 Å². The molecule has 1 aliphatic rings. The van der Waals surface area contributed by atoms with Crippen molar-refractivity contribution in [2.75, 3.05) is 13.1 Å². The van der Waals surface area contributed by atoms with Gasteiger partial charge in [0.25, 0.3) is 0 Å². The fourth-order valence-corrected chi connectivity index (χ4v) is 2.28. The van der Waals surface area contributed by atoms with E-state index in [1.807, 2.05) is 0 Å². The molecule has 15 heavy (non-hydrogen) atoms. The van der Waals surface area contributed by atoms with Crippen molar-refractivity contribution in [1.82, 2.24) is 10.2 Å². The van der Waals surface area contributed by atoms with Crippen molar-refractivity contribution in [2.24, 2.45) is 0 Å². The summed E-state index contributed by atoms with van der Waals surface area (Å²) in [7, 11) is 0. The smallest absolute Gasteiger partial charge is 0.223 e. The summed E-state index contributed by atoms with van der Waals surface area (Å²) in [4.78, 5) is 14.1. The first-order valence-corrected chi connectivity index (χ1v) is 6.18. The largest absolute Gasteiger partial charge is 0.335 e. The van der Waals surface area contributed by atoms with Gasteiger partial charge in [-0.3, -0.25) is 4.79 Å². The van der Waals surface area contributed by atoms with Gasteiger partial charge in [0, 0.05) is 31.6 Å². The fourth-order valence-electron chi connectivity index (χ4n) is 2.28. The van der Waals surface area contributed by atoms with Crippen molar-refractivity contribution in [3.05, 3.63) is 0 Å². The van der Waals surface area contributed by atoms with E-state index in [-0.39, 0.29) is 0 Å². The molecule has 1 aliphatic heterocycles. The summed E-state index contributed by atoms with van der Waals surface area (Å²) >= 11 is 0. The van der Waals surface area contributed by atoms with Crippen LogP contribution in [-0.4, -0.2) is 36.0 Å². The second-order valence-electron chi connectivity index (χ2n) is 4.61. The van der Waals surface area contributed by atoms with Gasteiger partial charge in [0.15, 0.2) is 0 Å². The van der Waals surface area contributed by atoms with Gasteiger partial charge in [-0.05, 0) is 20.3 Å². The molecule has 3 heteroatoms. The van der Waals surface area contributed by atoms with Gasteiger partial charge in [-0.1, -0.05) is 19.8 Å². The number of nitrogens with zero attached hydrogens (tertiary/aromatic N) is 1. The first-order valence-electron chi connectivity index (χ1n) is 6.18. The lowest BCUT2D eigenvalue weighted by molar-refractivity contribution is -0.136. The molecule has 0 aromatic carbocycles. The molecule has 0 spiro atoms. The van der Waals surface area contributed by atoms with E-state index in [1.54, 1.807) is 0 Å². The van der Waals surface area contributed by atoms with Gasteiger partial charge in [0.2, 0.25) is 5.91 Å². The Balaban J connectivity index is 2.41. The average Bonchev–Trinajstić information content (AvgIpc) is 2.18. The zero-order chi connectivity index (χ0) is 11.3. The Kier molecular flexibility index (Phi) is 5.09. The van der Waals surface area contributed by atoms with Crippen molar-refractivity contribution in [3.8, 4) is 0 Å². The van der Waals surface area contributed by atoms with Crippen LogP contribution in [-0.2, 0) is 4.79 Å². The topological polar surface area (TPSA) is 32.3 Å². The normalized spacial score (nSPS) is 26.7. The summed E-state index contributed by atoms with van der Waals surface area (Å²) < 4.78 is 0. The molecule has 0 bridgehead atoms. The lowest BCUT2D eigenvalue weighted by atomic mass is 10.1. The molecule has 1 heterocycles. The van der Waals surface area contributed by atoms with E-state index < -0.39 is 0 Å². The maximum atomic E-state index is 12.0. The Morgan fingerprint density at radius 2 is 1.87 bits per heavy atom. The molecule has 0 saturated carbocycles. The Bertz CT molecular complexity index is 196. The molecule has 2 atom stereocenters. The van der Waals surface area contributed by atoms with E-state index in [0.717, 1.165) is 25.9 Å². The second kappa shape index (κ2) is 6.11. The van der Waals surface area contributed by atoms with Crippen LogP contribution in [0, 0.1) is 0 Å². The number of carbonyl (C=O) groups is 1. The molecule has 1 rings (SSSR count). The molecule has 0 aromatic rings. The zero-order valence-corrected chi connectivity index (χ0v) is 10.3. The minimum atomic E-state index is 0.338. The van der Waals surface area contributed by atoms with Crippen LogP contribution in [0.15, 0.2) is 0 Å². The standard InChI is InChI=1S/C12H24N2O/c1-4-5-6-7-12(15)14-10(2)8-13-9-11(14)3/h10-11,13H,4-9H2,1-3H3. The number of hydrogen-bond donors (Lipinski definition) is 1. The monoisotopic (exact) mass is 212 g/mol. The summed E-state index contributed by atoms with van der Waals surface area (Å²) in [6, 6.07) is 0.700. The molecule has 0 radical (unpaired) electrons. The molecule has 1 fully saturated rings. The third-order valence-corrected chi connectivity index (χ3v) is 3.11. The van der Waals surface area contributed by atoms with E-state index in [1.165, 1.54) is 12.8 Å². The van der Waals surface area contributed by atoms with Crippen LogP contribution in [0.5, 0.6) is 0 Å². The maximum absolute atomic E-state index is 12.0. The molecule has 1 N–H and O–H groups in total. The van der Waals surface area contributed by atoms with E-state index in [2.05, 4.69) is 31.0 Å². The summed E-state index contributed by atoms with van der Waals surface area (Å²) in [5, 5.41) is 3.34. The first kappa shape index (κ1) is 12.5. The van der Waals surface area contributed by atoms with Crippen LogP contribution >= 0.6 is 0 Å². The highest BCUT2D eigenvalue weighted by molar-refractivity contribution is 5.77. The first-order chi connectivity index (χ1) is 7.16. The van der Waals surface area contributed by atoms with Gasteiger partial charge in [-0.25, -0.2) is 0 Å². The van der Waals surface area contributed by atoms with E-state index >= 15 is 0 Å². The van der Waals surface area contributed by atoms with Crippen LogP contribution in [0.2, 0.25) is 0 Å². The van der Waals surface area contributed by atoms with Gasteiger partial charge >= 0.3 is 0 Å². The van der Waals surface area contributed by atoms with Crippen LogP contribution in [0.4, 0.5) is 0 Å². The Hall–Kier alpha value is -0.570. The van der Waals surface area contributed by atoms with Gasteiger partial charge in [-0.2, -0.15) is 0 Å². The van der Waals surface area contributed by atoms with Gasteiger partial charge in [-0.15, -0.1) is 0 Å². The Morgan fingerprint density at radius 3 is 2.40 bits per heavy atom. The zero-order valence-electron chi connectivity index (χ0n) is 10.3. The van der Waals surface area contributed by atoms with Crippen LogP contribution < -0.4 is 5.32 Å². The van der Waals surface area contributed by atoms with Gasteiger partial charge in [0.1, 0.15) is 0 Å². The third kappa shape index (κ3) is 3.49. The summed E-state index contributed by atoms with van der Waals surface area (Å²) in [5.41, 5.74) is 0. The average molecular weight is 212 g/mol. The number of carbonyl (C=O) groups excluding carboxylic acids is 1. The molecule has 0 aliphatic carbocycles. The Labute approximate surface area is 93.2 Å². The van der Waals surface area contributed by atoms with Crippen molar-refractivity contribution in [1.29, 1.82) is 0 Å². The number of unbranched alkanes of at least 4 members (excludes halogenated alkanes) is 2. The van der Waals surface area contributed by atoms with Crippen molar-refractivity contribution >= 4 is 5.91 Å². The lowest BCUT2D eigenvalue weighted by Crippen LogP contribution is -2.57. The molecule has 1 saturated heterocycles. The summed E-state index contributed by atoms with van der Waals surface area (Å²) in [6.07, 6.45) is 4.11. The predicted molar refractivity (Wildman–Crippen MR) is 62.8 cm³/mol. The minimum absolute atomic E-state index is 0.338. The molecular weight excluding hydrogens is 188 g/mol. The van der Waals surface area contributed by atoms with Crippen LogP contribution in [0.3, 0.4) is 0 Å². The van der Waals surface area contributed by atoms with E-state index in [0.29, 0.717) is 18.0 Å². The van der Waals surface area contributed by atoms with Gasteiger partial charge in [0.05, 0.1) is 0 Å². The maximum Gasteiger partial charge on any atom is 0.223 e. The summed E-state index contributed by atoms with van der Waals surface area (Å²) in [6.45, 7) is 8.29. The lowest BCUT2D eigenvalue weighted by Gasteiger charge is -2.39.